The van der Waals surface area contributed by atoms with Crippen LogP contribution >= 0.6 is 0 Å². The number of nitrogens with one attached hydrogen (secondary N) is 3. The number of amides is 3. The average Bonchev–Trinajstić information content (AvgIpc) is 2.67. The summed E-state index contributed by atoms with van der Waals surface area (Å²) >= 11 is 0. The van der Waals surface area contributed by atoms with E-state index < -0.39 is 24.5 Å². The highest BCUT2D eigenvalue weighted by atomic mass is 16.5. The van der Waals surface area contributed by atoms with E-state index >= 15 is 0 Å². The van der Waals surface area contributed by atoms with E-state index in [2.05, 4.69) is 16.0 Å². The summed E-state index contributed by atoms with van der Waals surface area (Å²) in [6, 6.07) is 11.3. The lowest BCUT2D eigenvalue weighted by Gasteiger charge is -2.12. The molecule has 8 nitrogen and oxygen atoms in total. The maximum Gasteiger partial charge on any atom is 0.340 e. The fourth-order valence-corrected chi connectivity index (χ4v) is 2.48. The Morgan fingerprint density at radius 2 is 1.79 bits per heavy atom. The van der Waals surface area contributed by atoms with Gasteiger partial charge in [0, 0.05) is 17.9 Å². The van der Waals surface area contributed by atoms with E-state index in [0.717, 1.165) is 11.1 Å². The number of aryl methyl sites for hydroxylation is 2. The zero-order valence-electron chi connectivity index (χ0n) is 15.7. The number of urea groups is 1. The van der Waals surface area contributed by atoms with E-state index in [-0.39, 0.29) is 18.7 Å². The second kappa shape index (κ2) is 10.1. The first kappa shape index (κ1) is 20.9. The molecular formula is C20H23N3O5. The van der Waals surface area contributed by atoms with Gasteiger partial charge >= 0.3 is 12.0 Å². The molecule has 4 N–H and O–H groups in total. The Hall–Kier alpha value is -3.39. The molecule has 0 aromatic heterocycles. The Morgan fingerprint density at radius 1 is 1.04 bits per heavy atom. The normalized spacial score (nSPS) is 10.1. The Morgan fingerprint density at radius 3 is 2.50 bits per heavy atom. The van der Waals surface area contributed by atoms with E-state index in [1.54, 1.807) is 24.3 Å². The monoisotopic (exact) mass is 385 g/mol. The summed E-state index contributed by atoms with van der Waals surface area (Å²) in [4.78, 5) is 36.0. The molecule has 0 saturated heterocycles. The number of rotatable bonds is 7. The van der Waals surface area contributed by atoms with Crippen LogP contribution in [0.4, 0.5) is 16.2 Å². The van der Waals surface area contributed by atoms with Crippen molar-refractivity contribution in [1.82, 2.24) is 5.32 Å². The molecule has 0 aliphatic heterocycles. The number of ether oxygens (including phenoxy) is 1. The van der Waals surface area contributed by atoms with Crippen LogP contribution in [0.1, 0.15) is 21.5 Å². The number of carbonyl (C=O) groups is 3. The topological polar surface area (TPSA) is 117 Å². The van der Waals surface area contributed by atoms with Crippen molar-refractivity contribution in [2.75, 3.05) is 30.4 Å². The van der Waals surface area contributed by atoms with Crippen molar-refractivity contribution in [3.63, 3.8) is 0 Å². The summed E-state index contributed by atoms with van der Waals surface area (Å²) in [5.41, 5.74) is 3.20. The molecule has 8 heteroatoms. The minimum absolute atomic E-state index is 0.0959. The third-order valence-corrected chi connectivity index (χ3v) is 3.79. The highest BCUT2D eigenvalue weighted by Gasteiger charge is 2.15. The van der Waals surface area contributed by atoms with Crippen LogP contribution in [0.2, 0.25) is 0 Å². The average molecular weight is 385 g/mol. The van der Waals surface area contributed by atoms with E-state index in [1.165, 1.54) is 6.07 Å². The van der Waals surface area contributed by atoms with Crippen molar-refractivity contribution in [3.8, 4) is 0 Å². The standard InChI is InChI=1S/C20H23N3O5/c1-13-7-8-16(14(2)11-13)22-20(27)23-18(25)12-28-19(26)15-5-3-4-6-17(15)21-9-10-24/h3-8,11,21,24H,9-10,12H2,1-2H3,(H2,22,23,25,27). The Kier molecular flexibility index (Phi) is 7.53. The van der Waals surface area contributed by atoms with Gasteiger partial charge in [0.2, 0.25) is 0 Å². The van der Waals surface area contributed by atoms with Gasteiger partial charge in [0.1, 0.15) is 0 Å². The van der Waals surface area contributed by atoms with E-state index in [9.17, 15) is 14.4 Å². The molecule has 0 bridgehead atoms. The molecule has 2 aromatic carbocycles. The predicted molar refractivity (Wildman–Crippen MR) is 105 cm³/mol. The minimum Gasteiger partial charge on any atom is -0.452 e. The molecule has 2 aromatic rings. The van der Waals surface area contributed by atoms with Crippen LogP contribution in [0, 0.1) is 13.8 Å². The smallest absolute Gasteiger partial charge is 0.340 e. The van der Waals surface area contributed by atoms with Crippen molar-refractivity contribution in [3.05, 3.63) is 59.2 Å². The number of para-hydroxylation sites is 1. The van der Waals surface area contributed by atoms with Crippen molar-refractivity contribution >= 4 is 29.3 Å². The molecule has 0 atom stereocenters. The molecule has 0 fully saturated rings. The molecule has 0 heterocycles. The zero-order valence-corrected chi connectivity index (χ0v) is 15.7. The number of hydrogen-bond donors (Lipinski definition) is 4. The quantitative estimate of drug-likeness (QED) is 0.543. The summed E-state index contributed by atoms with van der Waals surface area (Å²) in [6.07, 6.45) is 0. The number of benzene rings is 2. The molecule has 2 rings (SSSR count). The van der Waals surface area contributed by atoms with Gasteiger partial charge in [-0.15, -0.1) is 0 Å². The van der Waals surface area contributed by atoms with Gasteiger partial charge in [-0.3, -0.25) is 10.1 Å². The number of aliphatic hydroxyl groups excluding tert-OH is 1. The van der Waals surface area contributed by atoms with E-state index in [0.29, 0.717) is 11.4 Å². The third kappa shape index (κ3) is 6.10. The fourth-order valence-electron chi connectivity index (χ4n) is 2.48. The highest BCUT2D eigenvalue weighted by molar-refractivity contribution is 6.03. The van der Waals surface area contributed by atoms with Gasteiger partial charge in [0.05, 0.1) is 12.2 Å². The molecule has 0 unspecified atom stereocenters. The lowest BCUT2D eigenvalue weighted by molar-refractivity contribution is -0.123. The van der Waals surface area contributed by atoms with Gasteiger partial charge in [-0.25, -0.2) is 9.59 Å². The molecule has 0 saturated carbocycles. The second-order valence-corrected chi connectivity index (χ2v) is 6.09. The van der Waals surface area contributed by atoms with Crippen LogP contribution in [0.15, 0.2) is 42.5 Å². The molecule has 148 valence electrons. The number of esters is 1. The molecule has 0 aliphatic rings. The van der Waals surface area contributed by atoms with Crippen molar-refractivity contribution in [2.24, 2.45) is 0 Å². The van der Waals surface area contributed by atoms with Crippen LogP contribution in [-0.2, 0) is 9.53 Å². The van der Waals surface area contributed by atoms with Gasteiger partial charge in [-0.1, -0.05) is 29.8 Å². The van der Waals surface area contributed by atoms with E-state index in [4.69, 9.17) is 9.84 Å². The van der Waals surface area contributed by atoms with Gasteiger partial charge in [0.25, 0.3) is 5.91 Å². The first-order valence-corrected chi connectivity index (χ1v) is 8.69. The number of imide groups is 1. The Labute approximate surface area is 162 Å². The Bertz CT molecular complexity index is 867. The third-order valence-electron chi connectivity index (χ3n) is 3.79. The van der Waals surface area contributed by atoms with Crippen LogP contribution in [0.5, 0.6) is 0 Å². The summed E-state index contributed by atoms with van der Waals surface area (Å²) in [6.45, 7) is 3.35. The van der Waals surface area contributed by atoms with Crippen molar-refractivity contribution in [2.45, 2.75) is 13.8 Å². The fraction of sp³-hybridized carbons (Fsp3) is 0.250. The van der Waals surface area contributed by atoms with Crippen LogP contribution < -0.4 is 16.0 Å². The van der Waals surface area contributed by atoms with Gasteiger partial charge in [-0.2, -0.15) is 0 Å². The number of aliphatic hydroxyl groups is 1. The zero-order chi connectivity index (χ0) is 20.5. The lowest BCUT2D eigenvalue weighted by atomic mass is 10.1. The second-order valence-electron chi connectivity index (χ2n) is 6.09. The van der Waals surface area contributed by atoms with Crippen molar-refractivity contribution in [1.29, 1.82) is 0 Å². The number of carbonyl (C=O) groups excluding carboxylic acids is 3. The summed E-state index contributed by atoms with van der Waals surface area (Å²) in [7, 11) is 0. The highest BCUT2D eigenvalue weighted by Crippen LogP contribution is 2.16. The maximum atomic E-state index is 12.2. The predicted octanol–water partition coefficient (Wildman–Crippen LogP) is 2.21. The number of hydrogen-bond acceptors (Lipinski definition) is 6. The lowest BCUT2D eigenvalue weighted by Crippen LogP contribution is -2.37. The minimum atomic E-state index is -0.753. The molecule has 3 amide bonds. The first-order valence-electron chi connectivity index (χ1n) is 8.69. The maximum absolute atomic E-state index is 12.2. The van der Waals surface area contributed by atoms with Gasteiger partial charge < -0.3 is 20.5 Å². The van der Waals surface area contributed by atoms with Gasteiger partial charge in [-0.05, 0) is 37.6 Å². The summed E-state index contributed by atoms with van der Waals surface area (Å²) < 4.78 is 4.97. The molecule has 0 radical (unpaired) electrons. The Balaban J connectivity index is 1.86. The van der Waals surface area contributed by atoms with Crippen LogP contribution in [0.3, 0.4) is 0 Å². The molecule has 0 spiro atoms. The summed E-state index contributed by atoms with van der Waals surface area (Å²) in [5.74, 6) is -1.47. The summed E-state index contributed by atoms with van der Waals surface area (Å²) in [5, 5.41) is 16.5. The molecular weight excluding hydrogens is 362 g/mol. The van der Waals surface area contributed by atoms with Crippen LogP contribution in [-0.4, -0.2) is 42.8 Å². The SMILES string of the molecule is Cc1ccc(NC(=O)NC(=O)COC(=O)c2ccccc2NCCO)c(C)c1. The largest absolute Gasteiger partial charge is 0.452 e. The first-order chi connectivity index (χ1) is 13.4. The van der Waals surface area contributed by atoms with E-state index in [1.807, 2.05) is 26.0 Å². The molecule has 0 aliphatic carbocycles. The molecule has 28 heavy (non-hydrogen) atoms. The van der Waals surface area contributed by atoms with Gasteiger partial charge in [0.15, 0.2) is 6.61 Å². The number of anilines is 2. The van der Waals surface area contributed by atoms with Crippen LogP contribution in [0.25, 0.3) is 0 Å². The van der Waals surface area contributed by atoms with Crippen molar-refractivity contribution < 1.29 is 24.2 Å².